The van der Waals surface area contributed by atoms with Gasteiger partial charge in [0.2, 0.25) is 0 Å². The first-order valence-electron chi connectivity index (χ1n) is 13.6. The lowest BCUT2D eigenvalue weighted by Gasteiger charge is -2.26. The lowest BCUT2D eigenvalue weighted by atomic mass is 9.78. The van der Waals surface area contributed by atoms with Crippen molar-refractivity contribution in [1.82, 2.24) is 9.78 Å². The average molecular weight is 542 g/mol. The number of carbonyl (C=O) groups excluding carboxylic acids is 1. The van der Waals surface area contributed by atoms with Crippen molar-refractivity contribution < 1.29 is 13.9 Å². The molecule has 41 heavy (non-hydrogen) atoms. The van der Waals surface area contributed by atoms with Gasteiger partial charge in [-0.2, -0.15) is 5.10 Å². The van der Waals surface area contributed by atoms with E-state index < -0.39 is 0 Å². The first kappa shape index (κ1) is 26.1. The van der Waals surface area contributed by atoms with E-state index in [0.717, 1.165) is 11.3 Å². The molecule has 0 aliphatic heterocycles. The number of rotatable bonds is 9. The van der Waals surface area contributed by atoms with Gasteiger partial charge in [-0.15, -0.1) is 0 Å². The summed E-state index contributed by atoms with van der Waals surface area (Å²) in [7, 11) is 0. The van der Waals surface area contributed by atoms with Gasteiger partial charge in [0.05, 0.1) is 18.4 Å². The van der Waals surface area contributed by atoms with Gasteiger partial charge in [-0.05, 0) is 51.7 Å². The fourth-order valence-electron chi connectivity index (χ4n) is 5.03. The van der Waals surface area contributed by atoms with Crippen molar-refractivity contribution in [3.8, 4) is 5.75 Å². The highest BCUT2D eigenvalue weighted by Crippen LogP contribution is 2.32. The van der Waals surface area contributed by atoms with Gasteiger partial charge in [0.25, 0.3) is 5.91 Å². The smallest absolute Gasteiger partial charge is 0.291 e. The normalized spacial score (nSPS) is 11.5. The molecule has 6 rings (SSSR count). The zero-order valence-electron chi connectivity index (χ0n) is 23.1. The van der Waals surface area contributed by atoms with Crippen LogP contribution in [0.3, 0.4) is 0 Å². The molecule has 6 aromatic rings. The SMILES string of the molecule is CC(C)(c1ccccc1)c1ccc(OCc2ccc(C(=O)Nc3cnn(Cc4cccc5ccccc45)c3)o2)cc1. The van der Waals surface area contributed by atoms with Gasteiger partial charge in [-0.25, -0.2) is 0 Å². The molecule has 0 fully saturated rings. The summed E-state index contributed by atoms with van der Waals surface area (Å²) < 4.78 is 13.5. The molecule has 0 saturated carbocycles. The van der Waals surface area contributed by atoms with Gasteiger partial charge in [0.15, 0.2) is 5.76 Å². The van der Waals surface area contributed by atoms with Gasteiger partial charge in [-0.1, -0.05) is 98.8 Å². The third-order valence-electron chi connectivity index (χ3n) is 7.44. The summed E-state index contributed by atoms with van der Waals surface area (Å²) in [5.74, 6) is 1.17. The number of fused-ring (bicyclic) bond motifs is 1. The maximum absolute atomic E-state index is 12.8. The maximum Gasteiger partial charge on any atom is 0.291 e. The van der Waals surface area contributed by atoms with Crippen LogP contribution in [0.4, 0.5) is 5.69 Å². The van der Waals surface area contributed by atoms with E-state index in [4.69, 9.17) is 9.15 Å². The minimum Gasteiger partial charge on any atom is -0.486 e. The third-order valence-corrected chi connectivity index (χ3v) is 7.44. The first-order valence-corrected chi connectivity index (χ1v) is 13.6. The molecule has 0 unspecified atom stereocenters. The molecule has 4 aromatic carbocycles. The minimum absolute atomic E-state index is 0.116. The second-order valence-corrected chi connectivity index (χ2v) is 10.6. The predicted octanol–water partition coefficient (Wildman–Crippen LogP) is 7.83. The number of nitrogens with zero attached hydrogens (tertiary/aromatic N) is 2. The van der Waals surface area contributed by atoms with E-state index in [2.05, 4.69) is 84.9 Å². The first-order chi connectivity index (χ1) is 20.0. The van der Waals surface area contributed by atoms with Crippen LogP contribution in [-0.2, 0) is 18.6 Å². The number of furan rings is 1. The molecule has 6 heteroatoms. The van der Waals surface area contributed by atoms with Crippen LogP contribution in [0.25, 0.3) is 10.8 Å². The van der Waals surface area contributed by atoms with E-state index in [0.29, 0.717) is 18.0 Å². The number of benzene rings is 4. The van der Waals surface area contributed by atoms with Crippen molar-refractivity contribution in [3.63, 3.8) is 0 Å². The highest BCUT2D eigenvalue weighted by atomic mass is 16.5. The Labute approximate surface area is 239 Å². The van der Waals surface area contributed by atoms with E-state index in [1.54, 1.807) is 18.3 Å². The molecule has 1 amide bonds. The summed E-state index contributed by atoms with van der Waals surface area (Å²) in [4.78, 5) is 12.8. The zero-order chi connectivity index (χ0) is 28.2. The molecule has 6 nitrogen and oxygen atoms in total. The number of carbonyl (C=O) groups is 1. The van der Waals surface area contributed by atoms with E-state index in [-0.39, 0.29) is 23.7 Å². The number of aromatic nitrogens is 2. The Morgan fingerprint density at radius 1 is 0.854 bits per heavy atom. The molecule has 0 atom stereocenters. The van der Waals surface area contributed by atoms with Crippen molar-refractivity contribution in [1.29, 1.82) is 0 Å². The minimum atomic E-state index is -0.339. The van der Waals surface area contributed by atoms with Crippen LogP contribution < -0.4 is 10.1 Å². The van der Waals surface area contributed by atoms with E-state index >= 15 is 0 Å². The maximum atomic E-state index is 12.8. The average Bonchev–Trinajstić information content (AvgIpc) is 3.67. The Morgan fingerprint density at radius 3 is 2.41 bits per heavy atom. The van der Waals surface area contributed by atoms with Crippen molar-refractivity contribution in [2.75, 3.05) is 5.32 Å². The fourth-order valence-corrected chi connectivity index (χ4v) is 5.03. The molecular formula is C35H31N3O3. The van der Waals surface area contributed by atoms with E-state index in [1.165, 1.54) is 21.9 Å². The summed E-state index contributed by atoms with van der Waals surface area (Å²) >= 11 is 0. The monoisotopic (exact) mass is 541 g/mol. The van der Waals surface area contributed by atoms with Crippen LogP contribution in [0.1, 0.15) is 46.9 Å². The molecule has 1 N–H and O–H groups in total. The molecule has 0 aliphatic rings. The van der Waals surface area contributed by atoms with Gasteiger partial charge in [0.1, 0.15) is 18.1 Å². The lowest BCUT2D eigenvalue weighted by Crippen LogP contribution is -2.18. The van der Waals surface area contributed by atoms with Crippen LogP contribution >= 0.6 is 0 Å². The summed E-state index contributed by atoms with van der Waals surface area (Å²) in [6.45, 7) is 5.25. The number of ether oxygens (including phenoxy) is 1. The van der Waals surface area contributed by atoms with Gasteiger partial charge in [-0.3, -0.25) is 9.48 Å². The lowest BCUT2D eigenvalue weighted by molar-refractivity contribution is 0.0992. The molecule has 0 saturated heterocycles. The number of hydrogen-bond donors (Lipinski definition) is 1. The van der Waals surface area contributed by atoms with Crippen molar-refractivity contribution in [3.05, 3.63) is 150 Å². The van der Waals surface area contributed by atoms with Crippen LogP contribution in [0, 0.1) is 0 Å². The van der Waals surface area contributed by atoms with Crippen molar-refractivity contribution in [2.45, 2.75) is 32.4 Å². The van der Waals surface area contributed by atoms with Crippen LogP contribution in [0.5, 0.6) is 5.75 Å². The van der Waals surface area contributed by atoms with Crippen molar-refractivity contribution >= 4 is 22.4 Å². The van der Waals surface area contributed by atoms with Crippen LogP contribution in [0.15, 0.2) is 126 Å². The Balaban J connectivity index is 1.04. The highest BCUT2D eigenvalue weighted by Gasteiger charge is 2.22. The molecule has 0 bridgehead atoms. The van der Waals surface area contributed by atoms with Crippen molar-refractivity contribution in [2.24, 2.45) is 0 Å². The second-order valence-electron chi connectivity index (χ2n) is 10.6. The molecule has 0 radical (unpaired) electrons. The number of hydrogen-bond acceptors (Lipinski definition) is 4. The molecule has 204 valence electrons. The molecular weight excluding hydrogens is 510 g/mol. The zero-order valence-corrected chi connectivity index (χ0v) is 23.1. The van der Waals surface area contributed by atoms with E-state index in [1.807, 2.05) is 47.3 Å². The van der Waals surface area contributed by atoms with Gasteiger partial charge in [0, 0.05) is 11.6 Å². The Morgan fingerprint density at radius 2 is 1.59 bits per heavy atom. The third kappa shape index (κ3) is 5.77. The number of amides is 1. The largest absolute Gasteiger partial charge is 0.486 e. The quantitative estimate of drug-likeness (QED) is 0.202. The Hall–Kier alpha value is -5.10. The predicted molar refractivity (Wildman–Crippen MR) is 161 cm³/mol. The number of anilines is 1. The van der Waals surface area contributed by atoms with Gasteiger partial charge < -0.3 is 14.5 Å². The van der Waals surface area contributed by atoms with E-state index in [9.17, 15) is 4.79 Å². The Kier molecular flexibility index (Phi) is 7.13. The summed E-state index contributed by atoms with van der Waals surface area (Å²) in [6, 6.07) is 36.5. The molecule has 2 aromatic heterocycles. The number of nitrogens with one attached hydrogen (secondary N) is 1. The summed E-state index contributed by atoms with van der Waals surface area (Å²) in [5.41, 5.74) is 4.10. The van der Waals surface area contributed by atoms with Gasteiger partial charge >= 0.3 is 0 Å². The topological polar surface area (TPSA) is 69.3 Å². The molecule has 0 spiro atoms. The van der Waals surface area contributed by atoms with Crippen LogP contribution in [-0.4, -0.2) is 15.7 Å². The van der Waals surface area contributed by atoms with Crippen LogP contribution in [0.2, 0.25) is 0 Å². The molecule has 2 heterocycles. The fraction of sp³-hybridized carbons (Fsp3) is 0.143. The highest BCUT2D eigenvalue weighted by molar-refractivity contribution is 6.02. The summed E-state index contributed by atoms with van der Waals surface area (Å²) in [6.07, 6.45) is 3.45. The Bertz CT molecular complexity index is 1780. The second kappa shape index (κ2) is 11.2. The standard InChI is InChI=1S/C35H31N3O3/c1-35(2,27-12-4-3-5-13-27)28-15-17-30(18-16-28)40-24-31-19-20-33(41-31)34(39)37-29-21-36-38(23-29)22-26-11-8-10-25-9-6-7-14-32(25)26/h3-21,23H,22,24H2,1-2H3,(H,37,39). The molecule has 0 aliphatic carbocycles. The summed E-state index contributed by atoms with van der Waals surface area (Å²) in [5, 5.41) is 9.66.